The molecule has 0 fully saturated rings. The van der Waals surface area contributed by atoms with Crippen LogP contribution in [0, 0.1) is 6.92 Å². The van der Waals surface area contributed by atoms with Crippen LogP contribution in [0.4, 0.5) is 5.82 Å². The molecule has 0 aliphatic rings. The molecule has 5 nitrogen and oxygen atoms in total. The number of aromatic nitrogens is 2. The molecule has 1 aromatic carbocycles. The summed E-state index contributed by atoms with van der Waals surface area (Å²) in [6, 6.07) is 9.81. The van der Waals surface area contributed by atoms with Gasteiger partial charge in [-0.05, 0) is 32.1 Å². The summed E-state index contributed by atoms with van der Waals surface area (Å²) < 4.78 is 1.85. The van der Waals surface area contributed by atoms with Crippen molar-refractivity contribution in [2.75, 3.05) is 18.5 Å². The Labute approximate surface area is 124 Å². The van der Waals surface area contributed by atoms with E-state index in [1.54, 1.807) is 6.08 Å². The Morgan fingerprint density at radius 1 is 1.38 bits per heavy atom. The van der Waals surface area contributed by atoms with Crippen LogP contribution in [0.3, 0.4) is 0 Å². The van der Waals surface area contributed by atoms with E-state index in [0.29, 0.717) is 0 Å². The summed E-state index contributed by atoms with van der Waals surface area (Å²) >= 11 is 0. The molecule has 0 unspecified atom stereocenters. The van der Waals surface area contributed by atoms with Gasteiger partial charge in [0.25, 0.3) is 0 Å². The van der Waals surface area contributed by atoms with Crippen LogP contribution < -0.4 is 4.90 Å². The van der Waals surface area contributed by atoms with Crippen molar-refractivity contribution in [2.45, 2.75) is 13.8 Å². The molecule has 0 aliphatic heterocycles. The van der Waals surface area contributed by atoms with Gasteiger partial charge in [-0.1, -0.05) is 18.2 Å². The summed E-state index contributed by atoms with van der Waals surface area (Å²) in [5.74, 6) is -0.0781. The highest BCUT2D eigenvalue weighted by atomic mass is 16.4. The van der Waals surface area contributed by atoms with Gasteiger partial charge in [0.1, 0.15) is 5.82 Å². The van der Waals surface area contributed by atoms with E-state index >= 15 is 0 Å². The lowest BCUT2D eigenvalue weighted by atomic mass is 10.2. The lowest BCUT2D eigenvalue weighted by Gasteiger charge is -2.19. The minimum Gasteiger partial charge on any atom is -0.478 e. The monoisotopic (exact) mass is 285 g/mol. The zero-order chi connectivity index (χ0) is 15.4. The molecule has 0 aliphatic carbocycles. The zero-order valence-electron chi connectivity index (χ0n) is 12.4. The zero-order valence-corrected chi connectivity index (χ0v) is 12.4. The van der Waals surface area contributed by atoms with Crippen LogP contribution in [0.25, 0.3) is 11.8 Å². The molecule has 110 valence electrons. The topological polar surface area (TPSA) is 58.4 Å². The van der Waals surface area contributed by atoms with Crippen molar-refractivity contribution in [3.63, 3.8) is 0 Å². The molecular formula is C16H19N3O2. The normalized spacial score (nSPS) is 11.0. The second-order valence-corrected chi connectivity index (χ2v) is 4.76. The SMILES string of the molecule is CCN(C)c1c(/C=C/C(=O)O)c(C)nn1-c1ccccc1. The largest absolute Gasteiger partial charge is 0.478 e. The van der Waals surface area contributed by atoms with E-state index in [4.69, 9.17) is 5.11 Å². The molecule has 1 heterocycles. The van der Waals surface area contributed by atoms with Crippen molar-refractivity contribution in [2.24, 2.45) is 0 Å². The number of aryl methyl sites for hydroxylation is 1. The van der Waals surface area contributed by atoms with Crippen molar-refractivity contribution >= 4 is 17.9 Å². The summed E-state index contributed by atoms with van der Waals surface area (Å²) in [4.78, 5) is 12.8. The fourth-order valence-corrected chi connectivity index (χ4v) is 2.14. The highest BCUT2D eigenvalue weighted by molar-refractivity contribution is 5.87. The number of carboxylic acid groups (broad SMARTS) is 1. The molecule has 0 saturated carbocycles. The molecule has 21 heavy (non-hydrogen) atoms. The number of para-hydroxylation sites is 1. The van der Waals surface area contributed by atoms with E-state index in [2.05, 4.69) is 10.00 Å². The number of anilines is 1. The minimum atomic E-state index is -0.966. The first-order valence-corrected chi connectivity index (χ1v) is 6.81. The van der Waals surface area contributed by atoms with Gasteiger partial charge < -0.3 is 10.0 Å². The third-order valence-electron chi connectivity index (χ3n) is 3.31. The van der Waals surface area contributed by atoms with Crippen LogP contribution in [0.2, 0.25) is 0 Å². The van der Waals surface area contributed by atoms with Gasteiger partial charge in [-0.15, -0.1) is 0 Å². The molecule has 0 saturated heterocycles. The van der Waals surface area contributed by atoms with E-state index < -0.39 is 5.97 Å². The molecule has 0 atom stereocenters. The molecule has 0 radical (unpaired) electrons. The Balaban J connectivity index is 2.61. The molecule has 1 aromatic heterocycles. The van der Waals surface area contributed by atoms with Crippen LogP contribution in [0.1, 0.15) is 18.2 Å². The molecule has 2 rings (SSSR count). The molecule has 0 bridgehead atoms. The van der Waals surface area contributed by atoms with E-state index in [9.17, 15) is 4.79 Å². The highest BCUT2D eigenvalue weighted by Crippen LogP contribution is 2.27. The lowest BCUT2D eigenvalue weighted by molar-refractivity contribution is -0.131. The number of benzene rings is 1. The predicted octanol–water partition coefficient (Wildman–Crippen LogP) is 2.73. The Morgan fingerprint density at radius 2 is 2.05 bits per heavy atom. The maximum absolute atomic E-state index is 10.8. The Bertz CT molecular complexity index is 660. The number of nitrogens with zero attached hydrogens (tertiary/aromatic N) is 3. The quantitative estimate of drug-likeness (QED) is 0.858. The summed E-state index contributed by atoms with van der Waals surface area (Å²) in [7, 11) is 1.97. The Morgan fingerprint density at radius 3 is 2.62 bits per heavy atom. The average molecular weight is 285 g/mol. The van der Waals surface area contributed by atoms with E-state index in [0.717, 1.165) is 35.4 Å². The average Bonchev–Trinajstić information content (AvgIpc) is 2.82. The van der Waals surface area contributed by atoms with Crippen LogP contribution in [0.5, 0.6) is 0 Å². The summed E-state index contributed by atoms with van der Waals surface area (Å²) in [5.41, 5.74) is 2.57. The second-order valence-electron chi connectivity index (χ2n) is 4.76. The molecule has 1 N–H and O–H groups in total. The fraction of sp³-hybridized carbons (Fsp3) is 0.250. The van der Waals surface area contributed by atoms with Crippen LogP contribution in [-0.4, -0.2) is 34.4 Å². The first kappa shape index (κ1) is 14.8. The van der Waals surface area contributed by atoms with Gasteiger partial charge in [0.2, 0.25) is 0 Å². The van der Waals surface area contributed by atoms with Crippen LogP contribution in [-0.2, 0) is 4.79 Å². The first-order valence-electron chi connectivity index (χ1n) is 6.81. The van der Waals surface area contributed by atoms with Gasteiger partial charge in [0, 0.05) is 25.2 Å². The Hall–Kier alpha value is -2.56. The van der Waals surface area contributed by atoms with Gasteiger partial charge in [0.15, 0.2) is 0 Å². The van der Waals surface area contributed by atoms with Gasteiger partial charge in [0.05, 0.1) is 11.4 Å². The van der Waals surface area contributed by atoms with Gasteiger partial charge in [-0.25, -0.2) is 9.48 Å². The predicted molar refractivity (Wildman–Crippen MR) is 83.9 cm³/mol. The number of carbonyl (C=O) groups is 1. The number of hydrogen-bond donors (Lipinski definition) is 1. The first-order chi connectivity index (χ1) is 10.0. The molecule has 0 amide bonds. The highest BCUT2D eigenvalue weighted by Gasteiger charge is 2.17. The van der Waals surface area contributed by atoms with E-state index in [-0.39, 0.29) is 0 Å². The van der Waals surface area contributed by atoms with Crippen molar-refractivity contribution in [3.05, 3.63) is 47.7 Å². The summed E-state index contributed by atoms with van der Waals surface area (Å²) in [6.45, 7) is 4.72. The number of rotatable bonds is 5. The molecule has 5 heteroatoms. The van der Waals surface area contributed by atoms with Crippen molar-refractivity contribution in [1.82, 2.24) is 9.78 Å². The maximum Gasteiger partial charge on any atom is 0.328 e. The van der Waals surface area contributed by atoms with Crippen LogP contribution in [0.15, 0.2) is 36.4 Å². The molecule has 2 aromatic rings. The fourth-order valence-electron chi connectivity index (χ4n) is 2.14. The Kier molecular flexibility index (Phi) is 4.42. The molecule has 0 spiro atoms. The van der Waals surface area contributed by atoms with Crippen molar-refractivity contribution < 1.29 is 9.90 Å². The summed E-state index contributed by atoms with van der Waals surface area (Å²) in [5, 5.41) is 13.4. The molecular weight excluding hydrogens is 266 g/mol. The second kappa shape index (κ2) is 6.26. The van der Waals surface area contributed by atoms with Crippen LogP contribution >= 0.6 is 0 Å². The lowest BCUT2D eigenvalue weighted by Crippen LogP contribution is -2.20. The maximum atomic E-state index is 10.8. The standard InChI is InChI=1S/C16H19N3O2/c1-4-18(3)16-14(10-11-15(20)21)12(2)17-19(16)13-8-6-5-7-9-13/h5-11H,4H2,1-3H3,(H,20,21)/b11-10+. The summed E-state index contributed by atoms with van der Waals surface area (Å²) in [6.07, 6.45) is 2.75. The number of hydrogen-bond acceptors (Lipinski definition) is 3. The third kappa shape index (κ3) is 3.13. The minimum absolute atomic E-state index is 0.797. The van der Waals surface area contributed by atoms with Gasteiger partial charge in [-0.2, -0.15) is 5.10 Å². The van der Waals surface area contributed by atoms with E-state index in [1.807, 2.05) is 55.9 Å². The van der Waals surface area contributed by atoms with Crippen molar-refractivity contribution in [3.8, 4) is 5.69 Å². The van der Waals surface area contributed by atoms with Crippen molar-refractivity contribution in [1.29, 1.82) is 0 Å². The van der Waals surface area contributed by atoms with Gasteiger partial charge in [-0.3, -0.25) is 0 Å². The van der Waals surface area contributed by atoms with Gasteiger partial charge >= 0.3 is 5.97 Å². The number of carboxylic acids is 1. The smallest absolute Gasteiger partial charge is 0.328 e. The number of aliphatic carboxylic acids is 1. The third-order valence-corrected chi connectivity index (χ3v) is 3.31. The van der Waals surface area contributed by atoms with E-state index in [1.165, 1.54) is 0 Å².